The zero-order valence-corrected chi connectivity index (χ0v) is 19.4. The van der Waals surface area contributed by atoms with Crippen molar-refractivity contribution in [3.8, 4) is 11.1 Å². The minimum absolute atomic E-state index is 0.00289. The third kappa shape index (κ3) is 4.33. The Morgan fingerprint density at radius 2 is 1.77 bits per heavy atom. The predicted octanol–water partition coefficient (Wildman–Crippen LogP) is 3.45. The summed E-state index contributed by atoms with van der Waals surface area (Å²) in [7, 11) is 1.35. The highest BCUT2D eigenvalue weighted by Crippen LogP contribution is 2.43. The van der Waals surface area contributed by atoms with E-state index in [-0.39, 0.29) is 48.8 Å². The number of fused-ring (bicyclic) bond motifs is 1. The number of benzene rings is 3. The molecular formula is C28H27FN2O4. The quantitative estimate of drug-likeness (QED) is 0.555. The molecule has 0 radical (unpaired) electrons. The van der Waals surface area contributed by atoms with Gasteiger partial charge in [-0.05, 0) is 34.9 Å². The molecule has 3 atom stereocenters. The van der Waals surface area contributed by atoms with Gasteiger partial charge in [0.1, 0.15) is 5.82 Å². The third-order valence-corrected chi connectivity index (χ3v) is 7.08. The van der Waals surface area contributed by atoms with Crippen molar-refractivity contribution in [3.05, 3.63) is 95.3 Å². The van der Waals surface area contributed by atoms with E-state index in [1.807, 2.05) is 47.4 Å². The van der Waals surface area contributed by atoms with E-state index in [1.54, 1.807) is 24.3 Å². The van der Waals surface area contributed by atoms with Crippen molar-refractivity contribution in [2.75, 3.05) is 26.8 Å². The zero-order chi connectivity index (χ0) is 24.5. The number of aliphatic hydroxyl groups excluding tert-OH is 1. The van der Waals surface area contributed by atoms with Gasteiger partial charge in [0.2, 0.25) is 5.91 Å². The SMILES string of the molecule is COC(=O)c1ccc(CN2CC(=O)N3[C@H](C2)[C@H](c2ccc(-c4ccccc4F)cc2)[C@@H]3CO)cc1. The number of nitrogens with zero attached hydrogens (tertiary/aromatic N) is 2. The number of rotatable bonds is 6. The molecule has 2 aliphatic rings. The van der Waals surface area contributed by atoms with Crippen molar-refractivity contribution in [1.29, 1.82) is 0 Å². The largest absolute Gasteiger partial charge is 0.465 e. The van der Waals surface area contributed by atoms with E-state index in [2.05, 4.69) is 4.90 Å². The molecule has 1 amide bonds. The Labute approximate surface area is 203 Å². The first-order valence-corrected chi connectivity index (χ1v) is 11.7. The first kappa shape index (κ1) is 23.2. The summed E-state index contributed by atoms with van der Waals surface area (Å²) in [4.78, 5) is 28.5. The Kier molecular flexibility index (Phi) is 6.36. The van der Waals surface area contributed by atoms with Gasteiger partial charge in [-0.15, -0.1) is 0 Å². The van der Waals surface area contributed by atoms with Crippen LogP contribution in [0.2, 0.25) is 0 Å². The number of amides is 1. The second-order valence-corrected chi connectivity index (χ2v) is 9.10. The zero-order valence-electron chi connectivity index (χ0n) is 19.4. The summed E-state index contributed by atoms with van der Waals surface area (Å²) < 4.78 is 18.9. The molecule has 180 valence electrons. The standard InChI is InChI=1S/C28H27FN2O4/c1-35-28(34)21-8-6-18(7-9-21)14-30-15-24-27(25(17-32)31(24)26(33)16-30)20-12-10-19(11-13-20)22-4-2-3-5-23(22)29/h2-13,24-25,27,32H,14-17H2,1H3/t24-,25+,27+/m1/s1. The monoisotopic (exact) mass is 474 g/mol. The molecule has 3 aromatic rings. The summed E-state index contributed by atoms with van der Waals surface area (Å²) in [5, 5.41) is 10.0. The van der Waals surface area contributed by atoms with Crippen molar-refractivity contribution in [2.45, 2.75) is 24.5 Å². The predicted molar refractivity (Wildman–Crippen MR) is 129 cm³/mol. The lowest BCUT2D eigenvalue weighted by molar-refractivity contribution is -0.162. The summed E-state index contributed by atoms with van der Waals surface area (Å²) in [6.07, 6.45) is 0. The molecule has 0 unspecified atom stereocenters. The summed E-state index contributed by atoms with van der Waals surface area (Å²) >= 11 is 0. The van der Waals surface area contributed by atoms with Gasteiger partial charge in [0, 0.05) is 24.6 Å². The maximum Gasteiger partial charge on any atom is 0.337 e. The Bertz CT molecular complexity index is 1230. The number of aliphatic hydroxyl groups is 1. The second-order valence-electron chi connectivity index (χ2n) is 9.10. The number of ether oxygens (including phenoxy) is 1. The highest BCUT2D eigenvalue weighted by Gasteiger charge is 2.53. The molecule has 0 bridgehead atoms. The molecular weight excluding hydrogens is 447 g/mol. The number of halogens is 1. The summed E-state index contributed by atoms with van der Waals surface area (Å²) in [5.74, 6) is -0.640. The molecule has 0 aromatic heterocycles. The summed E-state index contributed by atoms with van der Waals surface area (Å²) in [6, 6.07) is 21.3. The number of hydrogen-bond donors (Lipinski definition) is 1. The molecule has 3 aromatic carbocycles. The minimum atomic E-state index is -0.381. The highest BCUT2D eigenvalue weighted by molar-refractivity contribution is 5.89. The molecule has 5 rings (SSSR count). The maximum atomic E-state index is 14.2. The number of carbonyl (C=O) groups is 2. The van der Waals surface area contributed by atoms with Crippen LogP contribution in [0.25, 0.3) is 11.1 Å². The first-order chi connectivity index (χ1) is 17.0. The van der Waals surface area contributed by atoms with E-state index in [0.717, 1.165) is 16.7 Å². The van der Waals surface area contributed by atoms with Crippen LogP contribution in [0.4, 0.5) is 4.39 Å². The van der Waals surface area contributed by atoms with Crippen LogP contribution in [-0.2, 0) is 16.1 Å². The Morgan fingerprint density at radius 1 is 1.06 bits per heavy atom. The van der Waals surface area contributed by atoms with E-state index >= 15 is 0 Å². The van der Waals surface area contributed by atoms with Gasteiger partial charge in [0.15, 0.2) is 0 Å². The molecule has 6 nitrogen and oxygen atoms in total. The van der Waals surface area contributed by atoms with E-state index in [9.17, 15) is 19.1 Å². The van der Waals surface area contributed by atoms with E-state index < -0.39 is 0 Å². The lowest BCUT2D eigenvalue weighted by atomic mass is 9.73. The molecule has 2 saturated heterocycles. The Hall–Kier alpha value is -3.55. The molecule has 1 N–H and O–H groups in total. The number of hydrogen-bond acceptors (Lipinski definition) is 5. The maximum absolute atomic E-state index is 14.2. The van der Waals surface area contributed by atoms with Crippen molar-refractivity contribution in [2.24, 2.45) is 0 Å². The molecule has 7 heteroatoms. The minimum Gasteiger partial charge on any atom is -0.465 e. The topological polar surface area (TPSA) is 70.1 Å². The third-order valence-electron chi connectivity index (χ3n) is 7.08. The van der Waals surface area contributed by atoms with Crippen molar-refractivity contribution in [3.63, 3.8) is 0 Å². The molecule has 0 aliphatic carbocycles. The molecule has 0 spiro atoms. The fourth-order valence-electron chi connectivity index (χ4n) is 5.39. The van der Waals surface area contributed by atoms with Gasteiger partial charge in [-0.2, -0.15) is 0 Å². The van der Waals surface area contributed by atoms with Gasteiger partial charge in [0.25, 0.3) is 0 Å². The van der Waals surface area contributed by atoms with Crippen LogP contribution < -0.4 is 0 Å². The number of piperazine rings is 1. The molecule has 35 heavy (non-hydrogen) atoms. The van der Waals surface area contributed by atoms with Gasteiger partial charge in [-0.3, -0.25) is 9.69 Å². The molecule has 2 aliphatic heterocycles. The fraction of sp³-hybridized carbons (Fsp3) is 0.286. The van der Waals surface area contributed by atoms with Gasteiger partial charge in [-0.25, -0.2) is 9.18 Å². The van der Waals surface area contributed by atoms with Gasteiger partial charge in [0.05, 0.1) is 37.9 Å². The van der Waals surface area contributed by atoms with E-state index in [0.29, 0.717) is 24.2 Å². The van der Waals surface area contributed by atoms with Gasteiger partial charge >= 0.3 is 5.97 Å². The van der Waals surface area contributed by atoms with Crippen LogP contribution in [0.3, 0.4) is 0 Å². The van der Waals surface area contributed by atoms with Crippen LogP contribution >= 0.6 is 0 Å². The molecule has 0 saturated carbocycles. The van der Waals surface area contributed by atoms with Crippen LogP contribution in [0.1, 0.15) is 27.4 Å². The van der Waals surface area contributed by atoms with Crippen molar-refractivity contribution < 1.29 is 23.8 Å². The van der Waals surface area contributed by atoms with E-state index in [4.69, 9.17) is 4.74 Å². The number of esters is 1. The Balaban J connectivity index is 1.32. The molecule has 2 fully saturated rings. The van der Waals surface area contributed by atoms with Crippen molar-refractivity contribution >= 4 is 11.9 Å². The summed E-state index contributed by atoms with van der Waals surface area (Å²) in [5.41, 5.74) is 3.86. The molecule has 2 heterocycles. The van der Waals surface area contributed by atoms with Crippen LogP contribution in [-0.4, -0.2) is 65.7 Å². The average Bonchev–Trinajstić information content (AvgIpc) is 2.86. The fourth-order valence-corrected chi connectivity index (χ4v) is 5.39. The van der Waals surface area contributed by atoms with Crippen LogP contribution in [0.5, 0.6) is 0 Å². The van der Waals surface area contributed by atoms with Gasteiger partial charge < -0.3 is 14.7 Å². The highest BCUT2D eigenvalue weighted by atomic mass is 19.1. The normalized spacial score (nSPS) is 21.9. The number of carbonyl (C=O) groups excluding carboxylic acids is 2. The van der Waals surface area contributed by atoms with Crippen molar-refractivity contribution in [1.82, 2.24) is 9.80 Å². The number of methoxy groups -OCH3 is 1. The Morgan fingerprint density at radius 3 is 2.43 bits per heavy atom. The van der Waals surface area contributed by atoms with E-state index in [1.165, 1.54) is 13.2 Å². The lowest BCUT2D eigenvalue weighted by Gasteiger charge is -2.59. The lowest BCUT2D eigenvalue weighted by Crippen LogP contribution is -2.72. The summed E-state index contributed by atoms with van der Waals surface area (Å²) in [6.45, 7) is 1.45. The van der Waals surface area contributed by atoms with Crippen LogP contribution in [0.15, 0.2) is 72.8 Å². The average molecular weight is 475 g/mol. The second kappa shape index (κ2) is 9.60. The smallest absolute Gasteiger partial charge is 0.337 e. The van der Waals surface area contributed by atoms with Crippen LogP contribution in [0, 0.1) is 5.82 Å². The van der Waals surface area contributed by atoms with Gasteiger partial charge in [-0.1, -0.05) is 54.6 Å². The first-order valence-electron chi connectivity index (χ1n) is 11.7.